The van der Waals surface area contributed by atoms with E-state index in [1.165, 1.54) is 5.56 Å². The fourth-order valence-corrected chi connectivity index (χ4v) is 1.75. The number of rotatable bonds is 6. The second-order valence-electron chi connectivity index (χ2n) is 4.46. The molecule has 0 spiro atoms. The van der Waals surface area contributed by atoms with Crippen molar-refractivity contribution in [2.24, 2.45) is 5.73 Å². The summed E-state index contributed by atoms with van der Waals surface area (Å²) < 4.78 is 24.2. The molecule has 96 valence electrons. The first kappa shape index (κ1) is 14.1. The molecule has 0 aliphatic rings. The summed E-state index contributed by atoms with van der Waals surface area (Å²) in [6.07, 6.45) is -1.60. The molecular weight excluding hydrogens is 222 g/mol. The van der Waals surface area contributed by atoms with Crippen molar-refractivity contribution < 1.29 is 8.78 Å². The molecule has 17 heavy (non-hydrogen) atoms. The van der Waals surface area contributed by atoms with E-state index >= 15 is 0 Å². The van der Waals surface area contributed by atoms with Crippen LogP contribution in [0.2, 0.25) is 0 Å². The van der Waals surface area contributed by atoms with Crippen molar-refractivity contribution >= 4 is 0 Å². The summed E-state index contributed by atoms with van der Waals surface area (Å²) in [4.78, 5) is 1.61. The fourth-order valence-electron chi connectivity index (χ4n) is 1.75. The van der Waals surface area contributed by atoms with E-state index in [2.05, 4.69) is 0 Å². The average Bonchev–Trinajstić information content (AvgIpc) is 2.25. The van der Waals surface area contributed by atoms with Crippen molar-refractivity contribution in [1.82, 2.24) is 4.90 Å². The Balaban J connectivity index is 2.42. The number of nitrogens with two attached hydrogens (primary N) is 1. The number of alkyl halides is 2. The molecule has 2 N–H and O–H groups in total. The smallest absolute Gasteiger partial charge is 0.251 e. The molecule has 4 heteroatoms. The van der Waals surface area contributed by atoms with Gasteiger partial charge in [-0.2, -0.15) is 0 Å². The van der Waals surface area contributed by atoms with Crippen LogP contribution in [0.4, 0.5) is 8.78 Å². The molecule has 0 saturated carbocycles. The van der Waals surface area contributed by atoms with Crippen LogP contribution in [-0.2, 0) is 0 Å². The number of hydrogen-bond acceptors (Lipinski definition) is 2. The molecule has 0 radical (unpaired) electrons. The van der Waals surface area contributed by atoms with Crippen LogP contribution < -0.4 is 5.73 Å². The lowest BCUT2D eigenvalue weighted by Gasteiger charge is -2.19. The molecule has 0 fully saturated rings. The standard InChI is InChI=1S/C13H20F2N2/c1-10-4-3-5-11(8-10)12(16)6-7-17(2)9-13(14)15/h3-5,8,12-13H,6-7,9,16H2,1-2H3. The highest BCUT2D eigenvalue weighted by Crippen LogP contribution is 2.15. The van der Waals surface area contributed by atoms with Gasteiger partial charge in [0, 0.05) is 6.04 Å². The van der Waals surface area contributed by atoms with E-state index in [1.807, 2.05) is 31.2 Å². The molecule has 1 aromatic rings. The van der Waals surface area contributed by atoms with Crippen molar-refractivity contribution in [3.05, 3.63) is 35.4 Å². The molecule has 2 nitrogen and oxygen atoms in total. The zero-order valence-electron chi connectivity index (χ0n) is 10.4. The van der Waals surface area contributed by atoms with Crippen LogP contribution in [0.25, 0.3) is 0 Å². The molecule has 0 saturated heterocycles. The van der Waals surface area contributed by atoms with Crippen LogP contribution in [0.3, 0.4) is 0 Å². The minimum Gasteiger partial charge on any atom is -0.324 e. The molecule has 0 aliphatic heterocycles. The summed E-state index contributed by atoms with van der Waals surface area (Å²) >= 11 is 0. The third-order valence-corrected chi connectivity index (χ3v) is 2.74. The largest absolute Gasteiger partial charge is 0.324 e. The minimum absolute atomic E-state index is 0.0879. The number of aryl methyl sites for hydroxylation is 1. The van der Waals surface area contributed by atoms with Crippen LogP contribution in [-0.4, -0.2) is 31.5 Å². The third-order valence-electron chi connectivity index (χ3n) is 2.74. The Bertz CT molecular complexity index is 342. The lowest BCUT2D eigenvalue weighted by atomic mass is 10.0. The third kappa shape index (κ3) is 5.24. The van der Waals surface area contributed by atoms with Crippen molar-refractivity contribution in [2.45, 2.75) is 25.8 Å². The van der Waals surface area contributed by atoms with Gasteiger partial charge in [0.2, 0.25) is 0 Å². The Hall–Kier alpha value is -1.00. The van der Waals surface area contributed by atoms with E-state index in [9.17, 15) is 8.78 Å². The quantitative estimate of drug-likeness (QED) is 0.830. The number of hydrogen-bond donors (Lipinski definition) is 1. The van der Waals surface area contributed by atoms with E-state index in [-0.39, 0.29) is 12.6 Å². The summed E-state index contributed by atoms with van der Waals surface area (Å²) in [6, 6.07) is 7.91. The average molecular weight is 242 g/mol. The Labute approximate surface area is 101 Å². The van der Waals surface area contributed by atoms with E-state index in [4.69, 9.17) is 5.73 Å². The SMILES string of the molecule is Cc1cccc(C(N)CCN(C)CC(F)F)c1. The van der Waals surface area contributed by atoms with Gasteiger partial charge in [-0.25, -0.2) is 8.78 Å². The monoisotopic (exact) mass is 242 g/mol. The van der Waals surface area contributed by atoms with E-state index < -0.39 is 6.43 Å². The van der Waals surface area contributed by atoms with Crippen LogP contribution in [0.1, 0.15) is 23.6 Å². The highest BCUT2D eigenvalue weighted by Gasteiger charge is 2.10. The molecule has 0 aromatic heterocycles. The van der Waals surface area contributed by atoms with Gasteiger partial charge in [-0.05, 0) is 32.5 Å². The van der Waals surface area contributed by atoms with Gasteiger partial charge in [-0.15, -0.1) is 0 Å². The summed E-state index contributed by atoms with van der Waals surface area (Å²) in [5, 5.41) is 0. The minimum atomic E-state index is -2.28. The maximum Gasteiger partial charge on any atom is 0.251 e. The Kier molecular flexibility index (Phi) is 5.51. The summed E-state index contributed by atoms with van der Waals surface area (Å²) in [6.45, 7) is 2.40. The van der Waals surface area contributed by atoms with Crippen molar-refractivity contribution in [3.8, 4) is 0 Å². The Morgan fingerprint density at radius 1 is 1.35 bits per heavy atom. The second-order valence-corrected chi connectivity index (χ2v) is 4.46. The van der Waals surface area contributed by atoms with Gasteiger partial charge in [0.05, 0.1) is 6.54 Å². The normalized spacial score (nSPS) is 13.4. The Morgan fingerprint density at radius 3 is 2.65 bits per heavy atom. The maximum atomic E-state index is 12.1. The Morgan fingerprint density at radius 2 is 2.06 bits per heavy atom. The van der Waals surface area contributed by atoms with Crippen molar-refractivity contribution in [2.75, 3.05) is 20.1 Å². The van der Waals surface area contributed by atoms with Gasteiger partial charge in [-0.3, -0.25) is 0 Å². The van der Waals surface area contributed by atoms with E-state index in [0.717, 1.165) is 5.56 Å². The van der Waals surface area contributed by atoms with Crippen LogP contribution >= 0.6 is 0 Å². The molecule has 1 rings (SSSR count). The first-order valence-corrected chi connectivity index (χ1v) is 5.78. The number of halogens is 2. The maximum absolute atomic E-state index is 12.1. The highest BCUT2D eigenvalue weighted by molar-refractivity contribution is 5.24. The summed E-state index contributed by atoms with van der Waals surface area (Å²) in [5.41, 5.74) is 8.26. The van der Waals surface area contributed by atoms with Gasteiger partial charge in [-0.1, -0.05) is 29.8 Å². The molecule has 0 bridgehead atoms. The van der Waals surface area contributed by atoms with Crippen molar-refractivity contribution in [1.29, 1.82) is 0 Å². The highest BCUT2D eigenvalue weighted by atomic mass is 19.3. The molecule has 0 amide bonds. The lowest BCUT2D eigenvalue weighted by Crippen LogP contribution is -2.28. The summed E-state index contributed by atoms with van der Waals surface area (Å²) in [7, 11) is 1.69. The topological polar surface area (TPSA) is 29.3 Å². The van der Waals surface area contributed by atoms with Crippen molar-refractivity contribution in [3.63, 3.8) is 0 Å². The fraction of sp³-hybridized carbons (Fsp3) is 0.538. The zero-order valence-corrected chi connectivity index (χ0v) is 10.4. The van der Waals surface area contributed by atoms with Crippen LogP contribution in [0.5, 0.6) is 0 Å². The first-order valence-electron chi connectivity index (χ1n) is 5.78. The molecule has 1 unspecified atom stereocenters. The lowest BCUT2D eigenvalue weighted by molar-refractivity contribution is 0.0990. The zero-order chi connectivity index (χ0) is 12.8. The van der Waals surface area contributed by atoms with Crippen LogP contribution in [0.15, 0.2) is 24.3 Å². The molecular formula is C13H20F2N2. The van der Waals surface area contributed by atoms with Crippen LogP contribution in [0, 0.1) is 6.92 Å². The molecule has 1 aromatic carbocycles. The van der Waals surface area contributed by atoms with E-state index in [1.54, 1.807) is 11.9 Å². The predicted octanol–water partition coefficient (Wildman–Crippen LogP) is 2.58. The summed E-state index contributed by atoms with van der Waals surface area (Å²) in [5.74, 6) is 0. The second kappa shape index (κ2) is 6.67. The van der Waals surface area contributed by atoms with Gasteiger partial charge >= 0.3 is 0 Å². The van der Waals surface area contributed by atoms with Gasteiger partial charge in [0.15, 0.2) is 0 Å². The van der Waals surface area contributed by atoms with Gasteiger partial charge in [0.1, 0.15) is 0 Å². The van der Waals surface area contributed by atoms with Gasteiger partial charge < -0.3 is 10.6 Å². The molecule has 1 atom stereocenters. The molecule has 0 heterocycles. The van der Waals surface area contributed by atoms with Gasteiger partial charge in [0.25, 0.3) is 6.43 Å². The number of nitrogens with zero attached hydrogens (tertiary/aromatic N) is 1. The molecule has 0 aliphatic carbocycles. The predicted molar refractivity (Wildman–Crippen MR) is 66.2 cm³/mol. The first-order chi connectivity index (χ1) is 7.99. The number of benzene rings is 1. The van der Waals surface area contributed by atoms with E-state index in [0.29, 0.717) is 13.0 Å².